The van der Waals surface area contributed by atoms with Gasteiger partial charge in [0.2, 0.25) is 0 Å². The summed E-state index contributed by atoms with van der Waals surface area (Å²) < 4.78 is 6.26. The topological polar surface area (TPSA) is 75.2 Å². The highest BCUT2D eigenvalue weighted by Gasteiger charge is 2.21. The molecule has 0 atom stereocenters. The van der Waals surface area contributed by atoms with Crippen LogP contribution in [0.15, 0.2) is 53.4 Å². The fourth-order valence-corrected chi connectivity index (χ4v) is 3.18. The first kappa shape index (κ1) is 16.7. The van der Waals surface area contributed by atoms with Gasteiger partial charge in [0.15, 0.2) is 5.69 Å². The zero-order valence-electron chi connectivity index (χ0n) is 12.6. The SMILES string of the molecule is O=C1NC(=S)S/C1=C/c1cccc(OCc2ccc([NH2+]O)cc2)c1. The summed E-state index contributed by atoms with van der Waals surface area (Å²) in [7, 11) is 0. The van der Waals surface area contributed by atoms with Crippen LogP contribution in [0.5, 0.6) is 5.75 Å². The van der Waals surface area contributed by atoms with Crippen molar-refractivity contribution in [3.63, 3.8) is 0 Å². The molecule has 2 aromatic rings. The van der Waals surface area contributed by atoms with Crippen LogP contribution >= 0.6 is 24.0 Å². The van der Waals surface area contributed by atoms with Gasteiger partial charge in [0.25, 0.3) is 5.91 Å². The average Bonchev–Trinajstić information content (AvgIpc) is 2.91. The van der Waals surface area contributed by atoms with Crippen LogP contribution in [0.3, 0.4) is 0 Å². The molecule has 5 nitrogen and oxygen atoms in total. The predicted molar refractivity (Wildman–Crippen MR) is 96.9 cm³/mol. The molecule has 2 aromatic carbocycles. The molecule has 122 valence electrons. The number of ether oxygens (including phenoxy) is 1. The highest BCUT2D eigenvalue weighted by Crippen LogP contribution is 2.27. The van der Waals surface area contributed by atoms with Crippen molar-refractivity contribution in [2.45, 2.75) is 6.61 Å². The van der Waals surface area contributed by atoms with Gasteiger partial charge >= 0.3 is 0 Å². The van der Waals surface area contributed by atoms with Crippen LogP contribution in [0.2, 0.25) is 0 Å². The monoisotopic (exact) mass is 359 g/mol. The number of carbonyl (C=O) groups is 1. The van der Waals surface area contributed by atoms with Crippen LogP contribution in [0.4, 0.5) is 5.69 Å². The van der Waals surface area contributed by atoms with Gasteiger partial charge in [-0.2, -0.15) is 5.48 Å². The maximum Gasteiger partial charge on any atom is 0.263 e. The zero-order chi connectivity index (χ0) is 16.9. The van der Waals surface area contributed by atoms with Crippen LogP contribution in [-0.2, 0) is 11.4 Å². The first-order chi connectivity index (χ1) is 11.6. The van der Waals surface area contributed by atoms with Gasteiger partial charge in [0.05, 0.1) is 4.91 Å². The predicted octanol–water partition coefficient (Wildman–Crippen LogP) is 2.34. The Labute approximate surface area is 148 Å². The molecule has 1 aliphatic rings. The Balaban J connectivity index is 1.68. The molecular formula is C17H15N2O3S2+. The van der Waals surface area contributed by atoms with Gasteiger partial charge in [-0.1, -0.05) is 36.1 Å². The minimum atomic E-state index is -0.169. The van der Waals surface area contributed by atoms with Crippen LogP contribution < -0.4 is 15.5 Å². The number of rotatable bonds is 5. The van der Waals surface area contributed by atoms with E-state index in [2.05, 4.69) is 5.32 Å². The molecule has 0 aromatic heterocycles. The number of quaternary nitrogens is 1. The van der Waals surface area contributed by atoms with E-state index in [0.29, 0.717) is 21.6 Å². The summed E-state index contributed by atoms with van der Waals surface area (Å²) in [5.74, 6) is 0.547. The van der Waals surface area contributed by atoms with Crippen LogP contribution in [0.25, 0.3) is 6.08 Å². The minimum Gasteiger partial charge on any atom is -0.489 e. The molecule has 4 N–H and O–H groups in total. The summed E-state index contributed by atoms with van der Waals surface area (Å²) in [4.78, 5) is 12.3. The van der Waals surface area contributed by atoms with Gasteiger partial charge in [0, 0.05) is 12.1 Å². The molecular weight excluding hydrogens is 344 g/mol. The molecule has 0 unspecified atom stereocenters. The van der Waals surface area contributed by atoms with Crippen molar-refractivity contribution in [2.24, 2.45) is 0 Å². The van der Waals surface area contributed by atoms with Crippen molar-refractivity contribution in [3.05, 3.63) is 64.6 Å². The Kier molecular flexibility index (Phi) is 5.27. The van der Waals surface area contributed by atoms with E-state index in [4.69, 9.17) is 22.2 Å². The first-order valence-electron chi connectivity index (χ1n) is 7.18. The number of thiocarbonyl (C=S) groups is 1. The molecule has 7 heteroatoms. The van der Waals surface area contributed by atoms with Crippen molar-refractivity contribution in [3.8, 4) is 5.75 Å². The molecule has 3 rings (SSSR count). The highest BCUT2D eigenvalue weighted by atomic mass is 32.2. The Hall–Kier alpha value is -2.19. The van der Waals surface area contributed by atoms with Crippen LogP contribution in [0, 0.1) is 0 Å². The lowest BCUT2D eigenvalue weighted by Gasteiger charge is -2.07. The van der Waals surface area contributed by atoms with E-state index in [1.54, 1.807) is 6.08 Å². The normalized spacial score (nSPS) is 15.6. The molecule has 0 aliphatic carbocycles. The Morgan fingerprint density at radius 3 is 2.71 bits per heavy atom. The number of carbonyl (C=O) groups excluding carboxylic acids is 1. The molecule has 1 fully saturated rings. The maximum atomic E-state index is 11.7. The highest BCUT2D eigenvalue weighted by molar-refractivity contribution is 8.26. The maximum absolute atomic E-state index is 11.7. The fraction of sp³-hybridized carbons (Fsp3) is 0.0588. The molecule has 0 spiro atoms. The Bertz CT molecular complexity index is 804. The Morgan fingerprint density at radius 2 is 2.04 bits per heavy atom. The van der Waals surface area contributed by atoms with Crippen molar-refractivity contribution in [2.75, 3.05) is 0 Å². The summed E-state index contributed by atoms with van der Waals surface area (Å²) >= 11 is 6.23. The van der Waals surface area contributed by atoms with Crippen LogP contribution in [-0.4, -0.2) is 15.4 Å². The summed E-state index contributed by atoms with van der Waals surface area (Å²) in [5, 5.41) is 11.5. The lowest BCUT2D eigenvalue weighted by atomic mass is 10.2. The standard InChI is InChI=1S/C17H14N2O3S2/c20-16-15(24-17(23)18-16)9-12-2-1-3-14(8-12)22-10-11-4-6-13(19-21)7-5-11/h1-9,19,21H,10H2,(H,18,20,23)/p+1/b15-9+. The fourth-order valence-electron chi connectivity index (χ4n) is 2.13. The Morgan fingerprint density at radius 1 is 1.25 bits per heavy atom. The quantitative estimate of drug-likeness (QED) is 0.331. The van der Waals surface area contributed by atoms with E-state index in [-0.39, 0.29) is 5.91 Å². The smallest absolute Gasteiger partial charge is 0.263 e. The van der Waals surface area contributed by atoms with Crippen LogP contribution in [0.1, 0.15) is 11.1 Å². The lowest BCUT2D eigenvalue weighted by Crippen LogP contribution is -2.73. The van der Waals surface area contributed by atoms with E-state index in [9.17, 15) is 4.79 Å². The van der Waals surface area contributed by atoms with E-state index >= 15 is 0 Å². The average molecular weight is 359 g/mol. The molecule has 1 saturated heterocycles. The van der Waals surface area contributed by atoms with Crippen molar-refractivity contribution in [1.82, 2.24) is 5.32 Å². The van der Waals surface area contributed by atoms with Gasteiger partial charge in [-0.3, -0.25) is 4.79 Å². The molecule has 1 heterocycles. The van der Waals surface area contributed by atoms with Gasteiger partial charge in [-0.15, -0.1) is 0 Å². The molecule has 0 radical (unpaired) electrons. The first-order valence-corrected chi connectivity index (χ1v) is 8.40. The molecule has 1 aliphatic heterocycles. The summed E-state index contributed by atoms with van der Waals surface area (Å²) in [5.41, 5.74) is 3.68. The largest absolute Gasteiger partial charge is 0.489 e. The summed E-state index contributed by atoms with van der Waals surface area (Å²) in [6.07, 6.45) is 1.79. The van der Waals surface area contributed by atoms with E-state index in [1.165, 1.54) is 11.8 Å². The number of hydrogen-bond acceptors (Lipinski definition) is 5. The van der Waals surface area contributed by atoms with Crippen molar-refractivity contribution >= 4 is 46.0 Å². The molecule has 0 bridgehead atoms. The molecule has 1 amide bonds. The second kappa shape index (κ2) is 7.59. The van der Waals surface area contributed by atoms with E-state index < -0.39 is 0 Å². The summed E-state index contributed by atoms with van der Waals surface area (Å²) in [6.45, 7) is 0.422. The number of nitrogens with two attached hydrogens (primary N) is 1. The number of benzene rings is 2. The van der Waals surface area contributed by atoms with Gasteiger partial charge in [-0.25, -0.2) is 5.21 Å². The van der Waals surface area contributed by atoms with Crippen molar-refractivity contribution < 1.29 is 20.2 Å². The van der Waals surface area contributed by atoms with E-state index in [1.807, 2.05) is 48.5 Å². The van der Waals surface area contributed by atoms with Gasteiger partial charge in [0.1, 0.15) is 16.7 Å². The third-order valence-electron chi connectivity index (χ3n) is 3.33. The number of hydrogen-bond donors (Lipinski definition) is 3. The molecule has 0 saturated carbocycles. The number of amides is 1. The van der Waals surface area contributed by atoms with Crippen molar-refractivity contribution in [1.29, 1.82) is 0 Å². The minimum absolute atomic E-state index is 0.169. The van der Waals surface area contributed by atoms with E-state index in [0.717, 1.165) is 22.3 Å². The zero-order valence-corrected chi connectivity index (χ0v) is 14.2. The lowest BCUT2D eigenvalue weighted by molar-refractivity contribution is -0.825. The molecule has 24 heavy (non-hydrogen) atoms. The second-order valence-electron chi connectivity index (χ2n) is 5.08. The number of nitrogens with one attached hydrogen (secondary N) is 1. The number of thioether (sulfide) groups is 1. The van der Waals surface area contributed by atoms with Gasteiger partial charge in [-0.05, 0) is 41.5 Å². The van der Waals surface area contributed by atoms with Gasteiger partial charge < -0.3 is 10.1 Å². The third kappa shape index (κ3) is 4.21. The second-order valence-corrected chi connectivity index (χ2v) is 6.80. The third-order valence-corrected chi connectivity index (χ3v) is 4.49. The summed E-state index contributed by atoms with van der Waals surface area (Å²) in [6, 6.07) is 14.9.